The van der Waals surface area contributed by atoms with Crippen molar-refractivity contribution in [2.24, 2.45) is 0 Å². The Morgan fingerprint density at radius 3 is 2.50 bits per heavy atom. The molecule has 1 aliphatic heterocycles. The topological polar surface area (TPSA) is 20.3 Å². The Bertz CT molecular complexity index is 892. The van der Waals surface area contributed by atoms with Gasteiger partial charge in [-0.3, -0.25) is 4.79 Å². The lowest BCUT2D eigenvalue weighted by Crippen LogP contribution is -2.27. The third-order valence-corrected chi connectivity index (χ3v) is 5.34. The van der Waals surface area contributed by atoms with Crippen LogP contribution in [0.25, 0.3) is 5.70 Å². The molecule has 28 heavy (non-hydrogen) atoms. The average Bonchev–Trinajstić information content (AvgIpc) is 2.92. The molecule has 0 bridgehead atoms. The smallest absolute Gasteiger partial charge is 0.358 e. The van der Waals surface area contributed by atoms with Gasteiger partial charge < -0.3 is 4.90 Å². The van der Waals surface area contributed by atoms with Crippen LogP contribution in [0.4, 0.5) is 13.2 Å². The second kappa shape index (κ2) is 8.39. The van der Waals surface area contributed by atoms with Crippen molar-refractivity contribution < 1.29 is 18.0 Å². The van der Waals surface area contributed by atoms with Crippen molar-refractivity contribution in [3.63, 3.8) is 0 Å². The molecule has 3 rings (SSSR count). The number of likely N-dealkylation sites (N-methyl/N-ethyl adjacent to an activating group) is 1. The molecule has 2 nitrogen and oxygen atoms in total. The highest BCUT2D eigenvalue weighted by molar-refractivity contribution is 6.32. The summed E-state index contributed by atoms with van der Waals surface area (Å²) in [6.45, 7) is 6.64. The van der Waals surface area contributed by atoms with E-state index in [9.17, 15) is 18.0 Å². The van der Waals surface area contributed by atoms with E-state index in [1.807, 2.05) is 36.1 Å². The van der Waals surface area contributed by atoms with E-state index in [0.29, 0.717) is 12.1 Å². The molecular weight excluding hydrogens is 387 g/mol. The Morgan fingerprint density at radius 1 is 1.18 bits per heavy atom. The van der Waals surface area contributed by atoms with Gasteiger partial charge in [-0.1, -0.05) is 62.0 Å². The molecule has 0 aromatic heterocycles. The van der Waals surface area contributed by atoms with Gasteiger partial charge in [0, 0.05) is 24.2 Å². The molecule has 0 N–H and O–H groups in total. The van der Waals surface area contributed by atoms with Crippen LogP contribution in [0.5, 0.6) is 0 Å². The molecule has 0 saturated heterocycles. The molecule has 0 saturated carbocycles. The Morgan fingerprint density at radius 2 is 1.86 bits per heavy atom. The summed E-state index contributed by atoms with van der Waals surface area (Å²) in [6, 6.07) is 10.9. The van der Waals surface area contributed by atoms with Gasteiger partial charge in [0.05, 0.1) is 10.6 Å². The van der Waals surface area contributed by atoms with Crippen LogP contribution in [-0.2, 0) is 17.4 Å². The van der Waals surface area contributed by atoms with Crippen LogP contribution in [0.2, 0.25) is 5.02 Å². The number of rotatable bonds is 5. The van der Waals surface area contributed by atoms with E-state index in [0.717, 1.165) is 22.9 Å². The number of benzene rings is 2. The molecule has 1 heterocycles. The van der Waals surface area contributed by atoms with Crippen molar-refractivity contribution in [1.29, 1.82) is 0 Å². The number of fused-ring (bicyclic) bond motifs is 1. The zero-order valence-electron chi connectivity index (χ0n) is 14.8. The third-order valence-electron chi connectivity index (χ3n) is 4.90. The number of nitrogens with zero attached hydrogens (tertiary/aromatic N) is 1. The fraction of sp³-hybridized carbons (Fsp3) is 0.318. The highest BCUT2D eigenvalue weighted by Crippen LogP contribution is 2.41. The van der Waals surface area contributed by atoms with Crippen molar-refractivity contribution in [2.45, 2.75) is 39.4 Å². The van der Waals surface area contributed by atoms with Crippen LogP contribution >= 0.6 is 11.6 Å². The molecule has 0 aliphatic carbocycles. The minimum absolute atomic E-state index is 0. The lowest BCUT2D eigenvalue weighted by molar-refractivity contribution is -0.137. The van der Waals surface area contributed by atoms with Crippen molar-refractivity contribution in [3.05, 3.63) is 76.3 Å². The quantitative estimate of drug-likeness (QED) is 0.558. The number of ketones is 1. The van der Waals surface area contributed by atoms with E-state index in [1.165, 1.54) is 12.1 Å². The predicted molar refractivity (Wildman–Crippen MR) is 107 cm³/mol. The normalized spacial score (nSPS) is 16.0. The van der Waals surface area contributed by atoms with E-state index < -0.39 is 17.8 Å². The van der Waals surface area contributed by atoms with Crippen LogP contribution in [-0.4, -0.2) is 17.2 Å². The summed E-state index contributed by atoms with van der Waals surface area (Å²) in [5, 5.41) is -0.332. The van der Waals surface area contributed by atoms with Crippen molar-refractivity contribution in [3.8, 4) is 0 Å². The van der Waals surface area contributed by atoms with Gasteiger partial charge in [0.1, 0.15) is 6.04 Å². The Kier molecular flexibility index (Phi) is 6.60. The number of aryl methyl sites for hydroxylation is 1. The Balaban J connectivity index is 0.00000280. The van der Waals surface area contributed by atoms with Crippen LogP contribution in [0, 0.1) is 0 Å². The molecule has 1 atom stereocenters. The zero-order valence-corrected chi connectivity index (χ0v) is 15.6. The van der Waals surface area contributed by atoms with E-state index in [-0.39, 0.29) is 31.1 Å². The van der Waals surface area contributed by atoms with E-state index in [2.05, 4.69) is 6.58 Å². The first-order valence-corrected chi connectivity index (χ1v) is 9.05. The highest BCUT2D eigenvalue weighted by Gasteiger charge is 2.36. The molecule has 1 unspecified atom stereocenters. The summed E-state index contributed by atoms with van der Waals surface area (Å²) >= 11 is 5.94. The maximum atomic E-state index is 13.0. The number of carbonyl (C=O) groups is 1. The maximum absolute atomic E-state index is 13.0. The van der Waals surface area contributed by atoms with Gasteiger partial charge >= 0.3 is 6.18 Å². The monoisotopic (exact) mass is 409 g/mol. The number of hydrogen-bond acceptors (Lipinski definition) is 2. The molecule has 2 aromatic carbocycles. The van der Waals surface area contributed by atoms with Gasteiger partial charge in [-0.15, -0.1) is 0 Å². The van der Waals surface area contributed by atoms with Gasteiger partial charge in [0.15, 0.2) is 5.78 Å². The van der Waals surface area contributed by atoms with Crippen LogP contribution in [0.15, 0.2) is 49.0 Å². The van der Waals surface area contributed by atoms with Crippen LogP contribution in [0.1, 0.15) is 49.1 Å². The van der Waals surface area contributed by atoms with E-state index >= 15 is 0 Å². The van der Waals surface area contributed by atoms with Crippen LogP contribution < -0.4 is 0 Å². The van der Waals surface area contributed by atoms with Crippen LogP contribution in [0.3, 0.4) is 0 Å². The van der Waals surface area contributed by atoms with Crippen molar-refractivity contribution in [2.75, 3.05) is 6.54 Å². The molecule has 0 amide bonds. The second-order valence-corrected chi connectivity index (χ2v) is 6.84. The molecule has 0 radical (unpaired) electrons. The SMILES string of the molecule is C.C=C1c2ccccc2C(C(=O)CCc2cccc(C(F)(F)F)c2Cl)N1CC. The lowest BCUT2D eigenvalue weighted by atomic mass is 9.96. The predicted octanol–water partition coefficient (Wildman–Crippen LogP) is 6.54. The fourth-order valence-electron chi connectivity index (χ4n) is 3.58. The average molecular weight is 410 g/mol. The molecule has 6 heteroatoms. The summed E-state index contributed by atoms with van der Waals surface area (Å²) in [5.41, 5.74) is 2.08. The van der Waals surface area contributed by atoms with Crippen molar-refractivity contribution in [1.82, 2.24) is 4.90 Å². The molecule has 1 aliphatic rings. The summed E-state index contributed by atoms with van der Waals surface area (Å²) in [5.74, 6) is -0.0589. The number of Topliss-reactive ketones (excluding diaryl/α,β-unsaturated/α-hetero) is 1. The van der Waals surface area contributed by atoms with Gasteiger partial charge in [0.25, 0.3) is 0 Å². The second-order valence-electron chi connectivity index (χ2n) is 6.47. The Hall–Kier alpha value is -2.27. The standard InChI is InChI=1S/C21H19ClF3NO.CH4/c1-3-26-13(2)15-8-4-5-9-16(15)20(26)18(27)12-11-14-7-6-10-17(19(14)22)21(23,24)25;/h4-10,20H,2-3,11-12H2,1H3;1H4. The van der Waals surface area contributed by atoms with Gasteiger partial charge in [-0.2, -0.15) is 13.2 Å². The summed E-state index contributed by atoms with van der Waals surface area (Å²) in [6.07, 6.45) is -4.26. The number of carbonyl (C=O) groups excluding carboxylic acids is 1. The summed E-state index contributed by atoms with van der Waals surface area (Å²) in [7, 11) is 0. The van der Waals surface area contributed by atoms with Gasteiger partial charge in [-0.25, -0.2) is 0 Å². The molecule has 2 aromatic rings. The summed E-state index contributed by atoms with van der Waals surface area (Å²) in [4.78, 5) is 14.9. The Labute approximate surface area is 168 Å². The van der Waals surface area contributed by atoms with Gasteiger partial charge in [-0.05, 0) is 30.5 Å². The number of alkyl halides is 3. The third kappa shape index (κ3) is 3.95. The summed E-state index contributed by atoms with van der Waals surface area (Å²) < 4.78 is 39.0. The molecule has 150 valence electrons. The highest BCUT2D eigenvalue weighted by atomic mass is 35.5. The maximum Gasteiger partial charge on any atom is 0.417 e. The number of halogens is 4. The first kappa shape index (κ1) is 22.0. The molecule has 0 fully saturated rings. The minimum atomic E-state index is -4.52. The van der Waals surface area contributed by atoms with E-state index in [1.54, 1.807) is 0 Å². The lowest BCUT2D eigenvalue weighted by Gasteiger charge is -2.25. The fourth-order valence-corrected chi connectivity index (χ4v) is 3.91. The first-order chi connectivity index (χ1) is 12.8. The molecular formula is C22H23ClF3NO. The van der Waals surface area contributed by atoms with E-state index in [4.69, 9.17) is 11.6 Å². The van der Waals surface area contributed by atoms with Gasteiger partial charge in [0.2, 0.25) is 0 Å². The number of hydrogen-bond donors (Lipinski definition) is 0. The zero-order chi connectivity index (χ0) is 19.8. The van der Waals surface area contributed by atoms with Crippen molar-refractivity contribution >= 4 is 23.1 Å². The molecule has 0 spiro atoms. The largest absolute Gasteiger partial charge is 0.417 e. The minimum Gasteiger partial charge on any atom is -0.358 e. The first-order valence-electron chi connectivity index (χ1n) is 8.67.